The van der Waals surface area contributed by atoms with E-state index in [2.05, 4.69) is 11.4 Å². The topological polar surface area (TPSA) is 83.6 Å². The van der Waals surface area contributed by atoms with E-state index in [1.165, 1.54) is 0 Å². The van der Waals surface area contributed by atoms with Crippen LogP contribution in [-0.4, -0.2) is 43.2 Å². The van der Waals surface area contributed by atoms with Crippen molar-refractivity contribution in [1.29, 1.82) is 5.26 Å². The Balaban J connectivity index is 2.56. The lowest BCUT2D eigenvalue weighted by atomic mass is 9.89. The molecule has 0 aliphatic carbocycles. The number of hydrogen-bond donors (Lipinski definition) is 2. The summed E-state index contributed by atoms with van der Waals surface area (Å²) in [5.41, 5.74) is -0.853. The summed E-state index contributed by atoms with van der Waals surface area (Å²) in [6.45, 7) is 11.2. The van der Waals surface area contributed by atoms with Gasteiger partial charge in [0.15, 0.2) is 6.04 Å². The van der Waals surface area contributed by atoms with Gasteiger partial charge in [-0.2, -0.15) is 5.26 Å². The van der Waals surface area contributed by atoms with Gasteiger partial charge in [-0.1, -0.05) is 13.8 Å². The molecule has 1 fully saturated rings. The van der Waals surface area contributed by atoms with E-state index in [1.54, 1.807) is 6.92 Å². The zero-order valence-corrected chi connectivity index (χ0v) is 14.9. The molecule has 0 saturated carbocycles. The zero-order chi connectivity index (χ0) is 17.6. The summed E-state index contributed by atoms with van der Waals surface area (Å²) in [5, 5.41) is 12.2. The molecule has 6 heteroatoms. The number of nitrogens with zero attached hydrogens (tertiary/aromatic N) is 1. The van der Waals surface area contributed by atoms with Gasteiger partial charge in [0.05, 0.1) is 31.7 Å². The first-order chi connectivity index (χ1) is 10.7. The number of carbonyl (C=O) groups excluding carboxylic acids is 2. The number of piperidine rings is 1. The molecular weight excluding hydrogens is 294 g/mol. The number of quaternary nitrogens is 1. The lowest BCUT2D eigenvalue weighted by Gasteiger charge is -2.34. The second kappa shape index (κ2) is 8.30. The van der Waals surface area contributed by atoms with Crippen molar-refractivity contribution < 1.29 is 19.2 Å². The van der Waals surface area contributed by atoms with Gasteiger partial charge in [-0.15, -0.1) is 0 Å². The molecule has 1 saturated heterocycles. The van der Waals surface area contributed by atoms with Crippen LogP contribution in [0.25, 0.3) is 0 Å². The Morgan fingerprint density at radius 1 is 1.35 bits per heavy atom. The third-order valence-corrected chi connectivity index (χ3v) is 5.02. The van der Waals surface area contributed by atoms with Crippen LogP contribution in [0.5, 0.6) is 0 Å². The molecule has 6 nitrogen and oxygen atoms in total. The van der Waals surface area contributed by atoms with Crippen molar-refractivity contribution in [3.63, 3.8) is 0 Å². The highest BCUT2D eigenvalue weighted by molar-refractivity contribution is 5.81. The van der Waals surface area contributed by atoms with E-state index in [0.717, 1.165) is 30.8 Å². The second-order valence-corrected chi connectivity index (χ2v) is 6.86. The Morgan fingerprint density at radius 3 is 2.35 bits per heavy atom. The SMILES string of the molecule is CCOC(=O)C1CC[NH+]([C@H](C)C(=O)N[C@](C)(C#N)C(C)C)CC1. The number of likely N-dealkylation sites (tertiary alicyclic amines) is 1. The van der Waals surface area contributed by atoms with Gasteiger partial charge < -0.3 is 15.0 Å². The van der Waals surface area contributed by atoms with Crippen LogP contribution in [0, 0.1) is 23.2 Å². The number of amides is 1. The lowest BCUT2D eigenvalue weighted by molar-refractivity contribution is -0.919. The minimum atomic E-state index is -0.853. The fourth-order valence-electron chi connectivity index (χ4n) is 2.77. The van der Waals surface area contributed by atoms with E-state index in [9.17, 15) is 14.9 Å². The van der Waals surface area contributed by atoms with Crippen LogP contribution in [-0.2, 0) is 14.3 Å². The molecule has 0 bridgehead atoms. The van der Waals surface area contributed by atoms with Crippen LogP contribution in [0.2, 0.25) is 0 Å². The van der Waals surface area contributed by atoms with E-state index in [1.807, 2.05) is 27.7 Å². The summed E-state index contributed by atoms with van der Waals surface area (Å²) in [7, 11) is 0. The Hall–Kier alpha value is -1.61. The number of rotatable bonds is 6. The first-order valence-electron chi connectivity index (χ1n) is 8.49. The number of ether oxygens (including phenoxy) is 1. The molecule has 2 atom stereocenters. The van der Waals surface area contributed by atoms with Crippen molar-refractivity contribution in [3.8, 4) is 6.07 Å². The predicted molar refractivity (Wildman–Crippen MR) is 86.5 cm³/mol. The van der Waals surface area contributed by atoms with Crippen LogP contribution in [0.15, 0.2) is 0 Å². The lowest BCUT2D eigenvalue weighted by Crippen LogP contribution is -3.17. The van der Waals surface area contributed by atoms with Crippen molar-refractivity contribution in [2.75, 3.05) is 19.7 Å². The summed E-state index contributed by atoms with van der Waals surface area (Å²) >= 11 is 0. The standard InChI is InChI=1S/C17H29N3O3/c1-6-23-16(22)14-7-9-20(10-8-14)13(4)15(21)19-17(5,11-18)12(2)3/h12-14H,6-10H2,1-5H3,(H,19,21)/p+1/t13-,17-/m1/s1. The molecule has 2 N–H and O–H groups in total. The number of nitrogens with one attached hydrogen (secondary N) is 2. The van der Waals surface area contributed by atoms with E-state index in [0.29, 0.717) is 6.61 Å². The van der Waals surface area contributed by atoms with Crippen LogP contribution in [0.3, 0.4) is 0 Å². The molecule has 0 spiro atoms. The normalized spacial score (nSPS) is 25.1. The monoisotopic (exact) mass is 324 g/mol. The van der Waals surface area contributed by atoms with Gasteiger partial charge >= 0.3 is 5.97 Å². The number of nitriles is 1. The minimum Gasteiger partial charge on any atom is -0.466 e. The molecule has 1 aliphatic heterocycles. The van der Waals surface area contributed by atoms with Crippen LogP contribution in [0.1, 0.15) is 47.5 Å². The Morgan fingerprint density at radius 2 is 1.91 bits per heavy atom. The summed E-state index contributed by atoms with van der Waals surface area (Å²) in [4.78, 5) is 25.4. The smallest absolute Gasteiger partial charge is 0.309 e. The molecule has 0 radical (unpaired) electrons. The summed E-state index contributed by atoms with van der Waals surface area (Å²) in [5.74, 6) is -0.241. The quantitative estimate of drug-likeness (QED) is 0.688. The Bertz CT molecular complexity index is 464. The maximum atomic E-state index is 12.5. The van der Waals surface area contributed by atoms with Gasteiger partial charge in [0, 0.05) is 12.8 Å². The van der Waals surface area contributed by atoms with Crippen molar-refractivity contribution >= 4 is 11.9 Å². The number of carbonyl (C=O) groups is 2. The largest absolute Gasteiger partial charge is 0.466 e. The van der Waals surface area contributed by atoms with Crippen LogP contribution >= 0.6 is 0 Å². The molecule has 130 valence electrons. The van der Waals surface area contributed by atoms with Gasteiger partial charge in [0.1, 0.15) is 5.54 Å². The van der Waals surface area contributed by atoms with E-state index in [-0.39, 0.29) is 29.8 Å². The van der Waals surface area contributed by atoms with Gasteiger partial charge in [-0.25, -0.2) is 0 Å². The molecule has 1 aliphatic rings. The van der Waals surface area contributed by atoms with E-state index >= 15 is 0 Å². The number of hydrogen-bond acceptors (Lipinski definition) is 4. The van der Waals surface area contributed by atoms with E-state index < -0.39 is 5.54 Å². The molecule has 1 rings (SSSR count). The predicted octanol–water partition coefficient (Wildman–Crippen LogP) is 0.287. The highest BCUT2D eigenvalue weighted by Crippen LogP contribution is 2.15. The average Bonchev–Trinajstić information content (AvgIpc) is 2.54. The molecule has 0 unspecified atom stereocenters. The van der Waals surface area contributed by atoms with Gasteiger partial charge in [-0.05, 0) is 26.7 Å². The van der Waals surface area contributed by atoms with Gasteiger partial charge in [0.25, 0.3) is 5.91 Å². The summed E-state index contributed by atoms with van der Waals surface area (Å²) < 4.78 is 5.07. The number of esters is 1. The fraction of sp³-hybridized carbons (Fsp3) is 0.824. The molecule has 0 aromatic rings. The maximum absolute atomic E-state index is 12.5. The van der Waals surface area contributed by atoms with Crippen molar-refractivity contribution in [2.45, 2.75) is 59.0 Å². The minimum absolute atomic E-state index is 0.0354. The van der Waals surface area contributed by atoms with E-state index in [4.69, 9.17) is 4.74 Å². The molecule has 1 heterocycles. The van der Waals surface area contributed by atoms with Crippen LogP contribution in [0.4, 0.5) is 0 Å². The molecule has 0 aromatic carbocycles. The van der Waals surface area contributed by atoms with Gasteiger partial charge in [0.2, 0.25) is 0 Å². The fourth-order valence-corrected chi connectivity index (χ4v) is 2.77. The first kappa shape index (κ1) is 19.4. The van der Waals surface area contributed by atoms with Crippen molar-refractivity contribution in [1.82, 2.24) is 5.32 Å². The Labute approximate surface area is 139 Å². The molecule has 1 amide bonds. The highest BCUT2D eigenvalue weighted by Gasteiger charge is 2.37. The third kappa shape index (κ3) is 4.93. The molecular formula is C17H30N3O3+. The third-order valence-electron chi connectivity index (χ3n) is 5.02. The van der Waals surface area contributed by atoms with Crippen LogP contribution < -0.4 is 10.2 Å². The molecule has 0 aromatic heterocycles. The first-order valence-corrected chi connectivity index (χ1v) is 8.49. The maximum Gasteiger partial charge on any atom is 0.309 e. The summed E-state index contributed by atoms with van der Waals surface area (Å²) in [6, 6.07) is 1.97. The Kier molecular flexibility index (Phi) is 7.01. The zero-order valence-electron chi connectivity index (χ0n) is 14.9. The average molecular weight is 324 g/mol. The second-order valence-electron chi connectivity index (χ2n) is 6.86. The molecule has 23 heavy (non-hydrogen) atoms. The van der Waals surface area contributed by atoms with Gasteiger partial charge in [-0.3, -0.25) is 9.59 Å². The van der Waals surface area contributed by atoms with Crippen molar-refractivity contribution in [2.24, 2.45) is 11.8 Å². The van der Waals surface area contributed by atoms with Crippen molar-refractivity contribution in [3.05, 3.63) is 0 Å². The summed E-state index contributed by atoms with van der Waals surface area (Å²) in [6.07, 6.45) is 1.48. The highest BCUT2D eigenvalue weighted by atomic mass is 16.5.